The summed E-state index contributed by atoms with van der Waals surface area (Å²) < 4.78 is 39.8. The average molecular weight is 368 g/mol. The van der Waals surface area contributed by atoms with Crippen molar-refractivity contribution in [3.8, 4) is 5.69 Å². The van der Waals surface area contributed by atoms with Crippen LogP contribution < -0.4 is 10.6 Å². The Hall–Kier alpha value is -2.84. The molecule has 9 heteroatoms. The molecular formula is C17H19F3N4O2. The third-order valence-corrected chi connectivity index (χ3v) is 3.65. The van der Waals surface area contributed by atoms with Crippen LogP contribution in [-0.2, 0) is 11.0 Å². The molecular weight excluding hydrogens is 349 g/mol. The number of hydrogen-bond donors (Lipinski definition) is 2. The van der Waals surface area contributed by atoms with E-state index in [-0.39, 0.29) is 23.7 Å². The van der Waals surface area contributed by atoms with Crippen LogP contribution in [0, 0.1) is 6.92 Å². The van der Waals surface area contributed by atoms with Crippen LogP contribution in [0.3, 0.4) is 0 Å². The van der Waals surface area contributed by atoms with Crippen LogP contribution in [-0.4, -0.2) is 34.7 Å². The molecule has 2 aromatic rings. The van der Waals surface area contributed by atoms with Gasteiger partial charge in [0, 0.05) is 6.54 Å². The van der Waals surface area contributed by atoms with E-state index >= 15 is 0 Å². The fourth-order valence-corrected chi connectivity index (χ4v) is 2.29. The zero-order valence-electron chi connectivity index (χ0n) is 14.4. The predicted molar refractivity (Wildman–Crippen MR) is 88.9 cm³/mol. The van der Waals surface area contributed by atoms with E-state index in [4.69, 9.17) is 0 Å². The number of carbonyl (C=O) groups excluding carboxylic acids is 2. The molecule has 26 heavy (non-hydrogen) atoms. The van der Waals surface area contributed by atoms with Crippen LogP contribution in [0.5, 0.6) is 0 Å². The number of hydrogen-bond acceptors (Lipinski definition) is 3. The molecule has 0 bridgehead atoms. The highest BCUT2D eigenvalue weighted by Crippen LogP contribution is 2.30. The number of halogens is 3. The van der Waals surface area contributed by atoms with Gasteiger partial charge in [-0.1, -0.05) is 13.0 Å². The first-order chi connectivity index (χ1) is 12.2. The lowest BCUT2D eigenvalue weighted by Crippen LogP contribution is -2.37. The zero-order valence-corrected chi connectivity index (χ0v) is 14.4. The van der Waals surface area contributed by atoms with E-state index in [1.54, 1.807) is 6.92 Å². The lowest BCUT2D eigenvalue weighted by atomic mass is 10.2. The molecule has 6 nitrogen and oxygen atoms in total. The SMILES string of the molecule is CCCNC(=O)CNC(=O)c1cnn(-c2cccc(C(F)(F)F)c2)c1C. The molecule has 1 heterocycles. The van der Waals surface area contributed by atoms with Crippen LogP contribution in [0.4, 0.5) is 13.2 Å². The summed E-state index contributed by atoms with van der Waals surface area (Å²) in [7, 11) is 0. The van der Waals surface area contributed by atoms with Gasteiger partial charge in [-0.2, -0.15) is 18.3 Å². The quantitative estimate of drug-likeness (QED) is 0.822. The summed E-state index contributed by atoms with van der Waals surface area (Å²) in [6.07, 6.45) is -2.43. The van der Waals surface area contributed by atoms with Crippen molar-refractivity contribution in [3.63, 3.8) is 0 Å². The average Bonchev–Trinajstić information content (AvgIpc) is 2.98. The molecule has 0 aliphatic heterocycles. The molecule has 0 radical (unpaired) electrons. The minimum absolute atomic E-state index is 0.186. The largest absolute Gasteiger partial charge is 0.416 e. The number of carbonyl (C=O) groups is 2. The fourth-order valence-electron chi connectivity index (χ4n) is 2.29. The Kier molecular flexibility index (Phi) is 6.01. The second-order valence-electron chi connectivity index (χ2n) is 5.64. The van der Waals surface area contributed by atoms with Gasteiger partial charge >= 0.3 is 6.18 Å². The predicted octanol–water partition coefficient (Wildman–Crippen LogP) is 2.46. The Balaban J connectivity index is 2.15. The topological polar surface area (TPSA) is 76.0 Å². The van der Waals surface area contributed by atoms with Gasteiger partial charge in [0.15, 0.2) is 0 Å². The first kappa shape index (κ1) is 19.5. The van der Waals surface area contributed by atoms with Gasteiger partial charge in [-0.05, 0) is 31.5 Å². The highest BCUT2D eigenvalue weighted by Gasteiger charge is 2.30. The van der Waals surface area contributed by atoms with E-state index in [2.05, 4.69) is 15.7 Å². The van der Waals surface area contributed by atoms with Crippen molar-refractivity contribution in [1.82, 2.24) is 20.4 Å². The molecule has 0 spiro atoms. The highest BCUT2D eigenvalue weighted by molar-refractivity contribution is 5.97. The van der Waals surface area contributed by atoms with Gasteiger partial charge in [-0.3, -0.25) is 9.59 Å². The van der Waals surface area contributed by atoms with E-state index < -0.39 is 17.6 Å². The molecule has 1 aromatic heterocycles. The molecule has 0 atom stereocenters. The van der Waals surface area contributed by atoms with Crippen LogP contribution in [0.15, 0.2) is 30.5 Å². The monoisotopic (exact) mass is 368 g/mol. The number of amides is 2. The van der Waals surface area contributed by atoms with Crippen LogP contribution in [0.25, 0.3) is 5.69 Å². The maximum atomic E-state index is 12.9. The third-order valence-electron chi connectivity index (χ3n) is 3.65. The van der Waals surface area contributed by atoms with Crippen LogP contribution in [0.2, 0.25) is 0 Å². The molecule has 0 unspecified atom stereocenters. The Bertz CT molecular complexity index is 800. The van der Waals surface area contributed by atoms with Crippen molar-refractivity contribution in [1.29, 1.82) is 0 Å². The van der Waals surface area contributed by atoms with E-state index in [1.165, 1.54) is 23.0 Å². The normalized spacial score (nSPS) is 11.3. The van der Waals surface area contributed by atoms with E-state index in [0.29, 0.717) is 12.2 Å². The first-order valence-corrected chi connectivity index (χ1v) is 8.01. The summed E-state index contributed by atoms with van der Waals surface area (Å²) >= 11 is 0. The Morgan fingerprint density at radius 1 is 1.23 bits per heavy atom. The molecule has 2 amide bonds. The lowest BCUT2D eigenvalue weighted by Gasteiger charge is -2.10. The fraction of sp³-hybridized carbons (Fsp3) is 0.353. The van der Waals surface area contributed by atoms with Gasteiger partial charge in [0.1, 0.15) is 0 Å². The van der Waals surface area contributed by atoms with E-state index in [1.807, 2.05) is 6.92 Å². The van der Waals surface area contributed by atoms with Crippen molar-refractivity contribution in [2.45, 2.75) is 26.4 Å². The maximum absolute atomic E-state index is 12.9. The van der Waals surface area contributed by atoms with Gasteiger partial charge < -0.3 is 10.6 Å². The smallest absolute Gasteiger partial charge is 0.355 e. The molecule has 1 aromatic carbocycles. The number of benzene rings is 1. The molecule has 0 aliphatic rings. The number of rotatable bonds is 6. The second kappa shape index (κ2) is 8.03. The zero-order chi connectivity index (χ0) is 19.3. The maximum Gasteiger partial charge on any atom is 0.416 e. The Morgan fingerprint density at radius 2 is 1.96 bits per heavy atom. The minimum Gasteiger partial charge on any atom is -0.355 e. The van der Waals surface area contributed by atoms with Gasteiger partial charge in [-0.25, -0.2) is 4.68 Å². The van der Waals surface area contributed by atoms with Crippen molar-refractivity contribution < 1.29 is 22.8 Å². The summed E-state index contributed by atoms with van der Waals surface area (Å²) in [4.78, 5) is 23.7. The summed E-state index contributed by atoms with van der Waals surface area (Å²) in [6.45, 7) is 3.80. The molecule has 0 aliphatic carbocycles. The van der Waals surface area contributed by atoms with Crippen LogP contribution in [0.1, 0.15) is 35.0 Å². The second-order valence-corrected chi connectivity index (χ2v) is 5.64. The summed E-state index contributed by atoms with van der Waals surface area (Å²) in [6, 6.07) is 4.66. The van der Waals surface area contributed by atoms with Gasteiger partial charge in [0.2, 0.25) is 5.91 Å². The molecule has 140 valence electrons. The van der Waals surface area contributed by atoms with Crippen molar-refractivity contribution in [2.75, 3.05) is 13.1 Å². The van der Waals surface area contributed by atoms with Gasteiger partial charge in [0.05, 0.1) is 35.2 Å². The molecule has 0 fully saturated rings. The third kappa shape index (κ3) is 4.62. The Labute approximate surface area is 148 Å². The summed E-state index contributed by atoms with van der Waals surface area (Å²) in [5.41, 5.74) is -0.0537. The summed E-state index contributed by atoms with van der Waals surface area (Å²) in [5.74, 6) is -0.838. The number of alkyl halides is 3. The molecule has 2 N–H and O–H groups in total. The van der Waals surface area contributed by atoms with Crippen molar-refractivity contribution in [3.05, 3.63) is 47.3 Å². The number of aromatic nitrogens is 2. The Morgan fingerprint density at radius 3 is 2.62 bits per heavy atom. The number of nitrogens with zero attached hydrogens (tertiary/aromatic N) is 2. The van der Waals surface area contributed by atoms with Gasteiger partial charge in [0.25, 0.3) is 5.91 Å². The molecule has 0 saturated carbocycles. The standard InChI is InChI=1S/C17H19F3N4O2/c1-3-7-21-15(25)10-22-16(26)14-9-23-24(11(14)2)13-6-4-5-12(8-13)17(18,19)20/h4-6,8-9H,3,7,10H2,1-2H3,(H,21,25)(H,22,26). The van der Waals surface area contributed by atoms with E-state index in [9.17, 15) is 22.8 Å². The van der Waals surface area contributed by atoms with E-state index in [0.717, 1.165) is 18.6 Å². The minimum atomic E-state index is -4.47. The number of nitrogens with one attached hydrogen (secondary N) is 2. The van der Waals surface area contributed by atoms with Crippen LogP contribution >= 0.6 is 0 Å². The van der Waals surface area contributed by atoms with Crippen molar-refractivity contribution >= 4 is 11.8 Å². The molecule has 2 rings (SSSR count). The first-order valence-electron chi connectivity index (χ1n) is 8.01. The molecule has 0 saturated heterocycles. The van der Waals surface area contributed by atoms with Gasteiger partial charge in [-0.15, -0.1) is 0 Å². The van der Waals surface area contributed by atoms with Crippen molar-refractivity contribution in [2.24, 2.45) is 0 Å². The summed E-state index contributed by atoms with van der Waals surface area (Å²) in [5, 5.41) is 9.08. The highest BCUT2D eigenvalue weighted by atomic mass is 19.4. The lowest BCUT2D eigenvalue weighted by molar-refractivity contribution is -0.137.